The van der Waals surface area contributed by atoms with Gasteiger partial charge in [0.15, 0.2) is 0 Å². The molecule has 0 aromatic heterocycles. The van der Waals surface area contributed by atoms with Gasteiger partial charge < -0.3 is 10.2 Å². The van der Waals surface area contributed by atoms with E-state index in [9.17, 15) is 18.4 Å². The van der Waals surface area contributed by atoms with E-state index < -0.39 is 0 Å². The molecular formula is C32H38Cl2F2N2O2. The average Bonchev–Trinajstić information content (AvgIpc) is 2.86. The molecule has 0 spiro atoms. The summed E-state index contributed by atoms with van der Waals surface area (Å²) < 4.78 is 26.4. The quantitative estimate of drug-likeness (QED) is 0.349. The maximum Gasteiger partial charge on any atom is 0.227 e. The molecule has 2 aromatic rings. The molecule has 0 radical (unpaired) electrons. The SMILES string of the molecule is CC(C)CC1=C(c2ccc(F)cc2Cl)NC(=O)CC1.CCN1C(=O)CCC(CC(C)C)=C1c1ccc(F)cc1Cl. The fraction of sp³-hybridized carbons (Fsp3) is 0.438. The van der Waals surface area contributed by atoms with Crippen LogP contribution in [0, 0.1) is 23.5 Å². The van der Waals surface area contributed by atoms with Gasteiger partial charge in [-0.25, -0.2) is 8.78 Å². The highest BCUT2D eigenvalue weighted by molar-refractivity contribution is 6.32. The fourth-order valence-corrected chi connectivity index (χ4v) is 5.72. The summed E-state index contributed by atoms with van der Waals surface area (Å²) in [6.45, 7) is 11.1. The lowest BCUT2D eigenvalue weighted by Crippen LogP contribution is -2.33. The molecular weight excluding hydrogens is 553 g/mol. The van der Waals surface area contributed by atoms with Crippen LogP contribution in [0.25, 0.3) is 11.4 Å². The van der Waals surface area contributed by atoms with Gasteiger partial charge in [-0.3, -0.25) is 9.59 Å². The molecule has 2 amide bonds. The number of hydrogen-bond donors (Lipinski definition) is 1. The standard InChI is InChI=1S/C17H21ClFNO.C15H17ClFNO/c1-4-20-16(21)8-5-12(9-11(2)3)17(20)14-7-6-13(19)10-15(14)18;1-9(2)7-10-3-6-14(19)18-15(10)12-5-4-11(17)8-13(12)16/h6-7,10-11H,4-5,8-9H2,1-3H3;4-5,8-9H,3,6-7H2,1-2H3,(H,18,19). The Kier molecular flexibility index (Phi) is 11.4. The Labute approximate surface area is 246 Å². The predicted molar refractivity (Wildman–Crippen MR) is 160 cm³/mol. The summed E-state index contributed by atoms with van der Waals surface area (Å²) in [5.41, 5.74) is 5.51. The highest BCUT2D eigenvalue weighted by Gasteiger charge is 2.28. The van der Waals surface area contributed by atoms with Gasteiger partial charge in [-0.05, 0) is 92.0 Å². The number of hydrogen-bond acceptors (Lipinski definition) is 2. The molecule has 2 aliphatic heterocycles. The fourth-order valence-electron chi connectivity index (χ4n) is 5.20. The van der Waals surface area contributed by atoms with Crippen LogP contribution in [0.2, 0.25) is 10.0 Å². The van der Waals surface area contributed by atoms with Crippen LogP contribution in [-0.4, -0.2) is 23.3 Å². The lowest BCUT2D eigenvalue weighted by Gasteiger charge is -2.33. The van der Waals surface area contributed by atoms with Crippen molar-refractivity contribution >= 4 is 46.4 Å². The van der Waals surface area contributed by atoms with E-state index in [0.717, 1.165) is 42.6 Å². The van der Waals surface area contributed by atoms with Crippen molar-refractivity contribution < 1.29 is 18.4 Å². The molecule has 2 aliphatic rings. The summed E-state index contributed by atoms with van der Waals surface area (Å²) in [6, 6.07) is 8.64. The first-order chi connectivity index (χ1) is 18.9. The third kappa shape index (κ3) is 8.17. The molecule has 0 saturated heterocycles. The number of nitrogens with one attached hydrogen (secondary N) is 1. The molecule has 0 atom stereocenters. The largest absolute Gasteiger partial charge is 0.326 e. The van der Waals surface area contributed by atoms with Gasteiger partial charge in [0.2, 0.25) is 11.8 Å². The van der Waals surface area contributed by atoms with Crippen LogP contribution in [0.5, 0.6) is 0 Å². The van der Waals surface area contributed by atoms with Gasteiger partial charge in [0.25, 0.3) is 0 Å². The number of carbonyl (C=O) groups is 2. The molecule has 0 fully saturated rings. The Morgan fingerprint density at radius 3 is 1.85 bits per heavy atom. The Balaban J connectivity index is 0.000000222. The minimum atomic E-state index is -0.373. The zero-order chi connectivity index (χ0) is 29.6. The Hall–Kier alpha value is -2.70. The molecule has 8 heteroatoms. The van der Waals surface area contributed by atoms with Gasteiger partial charge in [0.1, 0.15) is 11.6 Å². The van der Waals surface area contributed by atoms with Crippen LogP contribution in [0.4, 0.5) is 8.78 Å². The average molecular weight is 592 g/mol. The van der Waals surface area contributed by atoms with E-state index in [1.807, 2.05) is 6.92 Å². The molecule has 0 saturated carbocycles. The second-order valence-corrected chi connectivity index (χ2v) is 11.9. The minimum absolute atomic E-state index is 0.0112. The summed E-state index contributed by atoms with van der Waals surface area (Å²) in [5, 5.41) is 3.57. The van der Waals surface area contributed by atoms with Crippen LogP contribution in [0.15, 0.2) is 47.5 Å². The smallest absolute Gasteiger partial charge is 0.227 e. The van der Waals surface area contributed by atoms with Crippen molar-refractivity contribution in [2.45, 2.75) is 73.1 Å². The first-order valence-electron chi connectivity index (χ1n) is 13.9. The Morgan fingerprint density at radius 2 is 1.32 bits per heavy atom. The van der Waals surface area contributed by atoms with E-state index in [4.69, 9.17) is 23.2 Å². The van der Waals surface area contributed by atoms with E-state index >= 15 is 0 Å². The lowest BCUT2D eigenvalue weighted by atomic mass is 9.90. The molecule has 1 N–H and O–H groups in total. The molecule has 40 heavy (non-hydrogen) atoms. The summed E-state index contributed by atoms with van der Waals surface area (Å²) in [4.78, 5) is 25.6. The van der Waals surface area contributed by atoms with Crippen molar-refractivity contribution in [3.63, 3.8) is 0 Å². The third-order valence-electron chi connectivity index (χ3n) is 6.83. The van der Waals surface area contributed by atoms with Crippen LogP contribution in [0.1, 0.15) is 84.3 Å². The van der Waals surface area contributed by atoms with E-state index in [1.165, 1.54) is 35.4 Å². The van der Waals surface area contributed by atoms with Crippen molar-refractivity contribution in [1.29, 1.82) is 0 Å². The second kappa shape index (κ2) is 14.3. The van der Waals surface area contributed by atoms with Gasteiger partial charge >= 0.3 is 0 Å². The Morgan fingerprint density at radius 1 is 0.800 bits per heavy atom. The normalized spacial score (nSPS) is 16.0. The maximum absolute atomic E-state index is 13.3. The molecule has 4 nitrogen and oxygen atoms in total. The van der Waals surface area contributed by atoms with Gasteiger partial charge in [-0.15, -0.1) is 0 Å². The lowest BCUT2D eigenvalue weighted by molar-refractivity contribution is -0.128. The van der Waals surface area contributed by atoms with Gasteiger partial charge in [0.05, 0.1) is 15.7 Å². The molecule has 0 aliphatic carbocycles. The highest BCUT2D eigenvalue weighted by Crippen LogP contribution is 2.37. The molecule has 0 bridgehead atoms. The minimum Gasteiger partial charge on any atom is -0.326 e. The van der Waals surface area contributed by atoms with Crippen LogP contribution < -0.4 is 5.32 Å². The van der Waals surface area contributed by atoms with Crippen LogP contribution >= 0.6 is 23.2 Å². The molecule has 4 rings (SSSR count). The predicted octanol–water partition coefficient (Wildman–Crippen LogP) is 9.02. The Bertz CT molecular complexity index is 1320. The van der Waals surface area contributed by atoms with E-state index in [-0.39, 0.29) is 23.4 Å². The first kappa shape index (κ1) is 31.8. The third-order valence-corrected chi connectivity index (χ3v) is 7.46. The number of carbonyl (C=O) groups excluding carboxylic acids is 2. The van der Waals surface area contributed by atoms with Crippen LogP contribution in [0.3, 0.4) is 0 Å². The zero-order valence-corrected chi connectivity index (χ0v) is 25.4. The molecule has 2 aromatic carbocycles. The van der Waals surface area contributed by atoms with E-state index in [1.54, 1.807) is 17.0 Å². The van der Waals surface area contributed by atoms with Gasteiger partial charge in [-0.1, -0.05) is 50.9 Å². The highest BCUT2D eigenvalue weighted by atomic mass is 35.5. The summed E-state index contributed by atoms with van der Waals surface area (Å²) in [5.74, 6) is 0.366. The van der Waals surface area contributed by atoms with Gasteiger partial charge in [-0.2, -0.15) is 0 Å². The monoisotopic (exact) mass is 590 g/mol. The number of benzene rings is 2. The van der Waals surface area contributed by atoms with Crippen molar-refractivity contribution in [1.82, 2.24) is 10.2 Å². The van der Waals surface area contributed by atoms with Crippen molar-refractivity contribution in [2.24, 2.45) is 11.8 Å². The molecule has 216 valence electrons. The van der Waals surface area contributed by atoms with E-state index in [2.05, 4.69) is 33.0 Å². The summed E-state index contributed by atoms with van der Waals surface area (Å²) >= 11 is 12.3. The number of nitrogens with zero attached hydrogens (tertiary/aromatic N) is 1. The maximum atomic E-state index is 13.3. The first-order valence-corrected chi connectivity index (χ1v) is 14.6. The second-order valence-electron chi connectivity index (χ2n) is 11.1. The van der Waals surface area contributed by atoms with Crippen LogP contribution in [-0.2, 0) is 9.59 Å². The zero-order valence-electron chi connectivity index (χ0n) is 23.8. The number of halogens is 4. The topological polar surface area (TPSA) is 49.4 Å². The van der Waals surface area contributed by atoms with Gasteiger partial charge in [0, 0.05) is 36.2 Å². The number of amides is 2. The summed E-state index contributed by atoms with van der Waals surface area (Å²) in [6.07, 6.45) is 4.38. The number of rotatable bonds is 7. The molecule has 0 unspecified atom stereocenters. The van der Waals surface area contributed by atoms with E-state index in [0.29, 0.717) is 46.8 Å². The van der Waals surface area contributed by atoms with Crippen molar-refractivity contribution in [3.05, 3.63) is 80.4 Å². The van der Waals surface area contributed by atoms with Crippen molar-refractivity contribution in [2.75, 3.05) is 6.54 Å². The summed E-state index contributed by atoms with van der Waals surface area (Å²) in [7, 11) is 0. The number of allylic oxidation sites excluding steroid dienone is 2. The molecule has 2 heterocycles. The van der Waals surface area contributed by atoms with Crippen molar-refractivity contribution in [3.8, 4) is 0 Å².